The van der Waals surface area contributed by atoms with E-state index in [0.717, 1.165) is 25.2 Å². The topological polar surface area (TPSA) is 113 Å². The standard InChI is InChI=1S/C17H21N3O4/c18-15(22)12-3-1-11(2-4-12)10-20-7-5-17(6-8-20)13(16(23)24)9-14(21)19-17/h1-4,13H,5-10H2,(H2,18,22)(H,19,21)(H,23,24). The molecule has 0 radical (unpaired) electrons. The van der Waals surface area contributed by atoms with E-state index in [1.807, 2.05) is 12.1 Å². The van der Waals surface area contributed by atoms with Crippen LogP contribution in [0.5, 0.6) is 0 Å². The van der Waals surface area contributed by atoms with E-state index in [1.54, 1.807) is 12.1 Å². The summed E-state index contributed by atoms with van der Waals surface area (Å²) in [5.74, 6) is -2.15. The van der Waals surface area contributed by atoms with Gasteiger partial charge in [-0.15, -0.1) is 0 Å². The van der Waals surface area contributed by atoms with E-state index < -0.39 is 23.3 Å². The van der Waals surface area contributed by atoms with Crippen LogP contribution >= 0.6 is 0 Å². The van der Waals surface area contributed by atoms with Gasteiger partial charge in [-0.1, -0.05) is 12.1 Å². The zero-order valence-electron chi connectivity index (χ0n) is 13.3. The van der Waals surface area contributed by atoms with Gasteiger partial charge in [0.05, 0.1) is 11.5 Å². The molecule has 4 N–H and O–H groups in total. The summed E-state index contributed by atoms with van der Waals surface area (Å²) in [6, 6.07) is 7.17. The molecular weight excluding hydrogens is 310 g/mol. The maximum Gasteiger partial charge on any atom is 0.309 e. The number of nitrogens with zero attached hydrogens (tertiary/aromatic N) is 1. The van der Waals surface area contributed by atoms with Crippen LogP contribution in [0.15, 0.2) is 24.3 Å². The van der Waals surface area contributed by atoms with Gasteiger partial charge in [-0.2, -0.15) is 0 Å². The van der Waals surface area contributed by atoms with Crippen LogP contribution in [-0.2, 0) is 16.1 Å². The molecule has 1 atom stereocenters. The van der Waals surface area contributed by atoms with Crippen molar-refractivity contribution in [3.63, 3.8) is 0 Å². The average molecular weight is 331 g/mol. The van der Waals surface area contributed by atoms with E-state index in [2.05, 4.69) is 10.2 Å². The molecule has 2 heterocycles. The number of carbonyl (C=O) groups is 3. The van der Waals surface area contributed by atoms with E-state index in [0.29, 0.717) is 18.4 Å². The van der Waals surface area contributed by atoms with Crippen LogP contribution < -0.4 is 11.1 Å². The van der Waals surface area contributed by atoms with Gasteiger partial charge in [0.15, 0.2) is 0 Å². The molecule has 0 bridgehead atoms. The van der Waals surface area contributed by atoms with E-state index in [-0.39, 0.29) is 12.3 Å². The molecule has 2 saturated heterocycles. The number of primary amides is 1. The number of carboxylic acids is 1. The van der Waals surface area contributed by atoms with Gasteiger partial charge in [-0.25, -0.2) is 0 Å². The van der Waals surface area contributed by atoms with Crippen LogP contribution in [0.4, 0.5) is 0 Å². The lowest BCUT2D eigenvalue weighted by molar-refractivity contribution is -0.144. The third kappa shape index (κ3) is 3.12. The second-order valence-electron chi connectivity index (χ2n) is 6.64. The Kier molecular flexibility index (Phi) is 4.28. The third-order valence-corrected chi connectivity index (χ3v) is 5.14. The fourth-order valence-corrected chi connectivity index (χ4v) is 3.74. The Morgan fingerprint density at radius 3 is 2.42 bits per heavy atom. The fourth-order valence-electron chi connectivity index (χ4n) is 3.74. The van der Waals surface area contributed by atoms with E-state index in [9.17, 15) is 19.5 Å². The smallest absolute Gasteiger partial charge is 0.309 e. The predicted octanol–water partition coefficient (Wildman–Crippen LogP) is 0.341. The lowest BCUT2D eigenvalue weighted by Crippen LogP contribution is -2.55. The van der Waals surface area contributed by atoms with Crippen molar-refractivity contribution < 1.29 is 19.5 Å². The van der Waals surface area contributed by atoms with Crippen LogP contribution in [0.3, 0.4) is 0 Å². The summed E-state index contributed by atoms with van der Waals surface area (Å²) in [4.78, 5) is 36.4. The molecule has 2 aliphatic rings. The largest absolute Gasteiger partial charge is 0.481 e. The van der Waals surface area contributed by atoms with Gasteiger partial charge >= 0.3 is 5.97 Å². The van der Waals surface area contributed by atoms with Crippen molar-refractivity contribution in [2.75, 3.05) is 13.1 Å². The molecule has 0 aromatic heterocycles. The van der Waals surface area contributed by atoms with Gasteiger partial charge < -0.3 is 16.2 Å². The Labute approximate surface area is 139 Å². The molecule has 2 amide bonds. The lowest BCUT2D eigenvalue weighted by atomic mass is 9.77. The second kappa shape index (κ2) is 6.24. The van der Waals surface area contributed by atoms with Gasteiger partial charge in [-0.05, 0) is 30.5 Å². The molecule has 7 heteroatoms. The number of piperidine rings is 1. The van der Waals surface area contributed by atoms with Crippen molar-refractivity contribution in [2.24, 2.45) is 11.7 Å². The molecule has 128 valence electrons. The third-order valence-electron chi connectivity index (χ3n) is 5.14. The van der Waals surface area contributed by atoms with Crippen LogP contribution in [0.1, 0.15) is 35.2 Å². The highest BCUT2D eigenvalue weighted by Gasteiger charge is 2.51. The van der Waals surface area contributed by atoms with Crippen molar-refractivity contribution in [1.29, 1.82) is 0 Å². The van der Waals surface area contributed by atoms with E-state index >= 15 is 0 Å². The predicted molar refractivity (Wildman–Crippen MR) is 86.1 cm³/mol. The first kappa shape index (κ1) is 16.4. The van der Waals surface area contributed by atoms with Crippen LogP contribution in [0.25, 0.3) is 0 Å². The first-order valence-electron chi connectivity index (χ1n) is 8.04. The molecule has 24 heavy (non-hydrogen) atoms. The zero-order chi connectivity index (χ0) is 17.3. The Balaban J connectivity index is 1.61. The minimum absolute atomic E-state index is 0.0733. The number of hydrogen-bond acceptors (Lipinski definition) is 4. The maximum atomic E-state index is 11.7. The number of rotatable bonds is 4. The van der Waals surface area contributed by atoms with Gasteiger partial charge in [0.1, 0.15) is 0 Å². The zero-order valence-corrected chi connectivity index (χ0v) is 13.3. The molecule has 1 aromatic rings. The minimum atomic E-state index is -0.899. The first-order valence-corrected chi connectivity index (χ1v) is 8.04. The Morgan fingerprint density at radius 1 is 1.25 bits per heavy atom. The number of benzene rings is 1. The highest BCUT2D eigenvalue weighted by Crippen LogP contribution is 2.37. The first-order chi connectivity index (χ1) is 11.4. The molecule has 2 aliphatic heterocycles. The number of carboxylic acid groups (broad SMARTS) is 1. The highest BCUT2D eigenvalue weighted by molar-refractivity contribution is 5.92. The number of nitrogens with one attached hydrogen (secondary N) is 1. The maximum absolute atomic E-state index is 11.7. The fraction of sp³-hybridized carbons (Fsp3) is 0.471. The summed E-state index contributed by atoms with van der Waals surface area (Å²) in [6.45, 7) is 2.17. The van der Waals surface area contributed by atoms with Gasteiger partial charge in [0.2, 0.25) is 11.8 Å². The van der Waals surface area contributed by atoms with E-state index in [4.69, 9.17) is 5.73 Å². The Morgan fingerprint density at radius 2 is 1.88 bits per heavy atom. The molecule has 0 aliphatic carbocycles. The number of aliphatic carboxylic acids is 1. The molecule has 3 rings (SSSR count). The van der Waals surface area contributed by atoms with Crippen LogP contribution in [0, 0.1) is 5.92 Å². The minimum Gasteiger partial charge on any atom is -0.481 e. The lowest BCUT2D eigenvalue weighted by Gasteiger charge is -2.41. The molecule has 2 fully saturated rings. The van der Waals surface area contributed by atoms with Crippen LogP contribution in [0.2, 0.25) is 0 Å². The molecule has 7 nitrogen and oxygen atoms in total. The van der Waals surface area contributed by atoms with Gasteiger partial charge in [-0.3, -0.25) is 19.3 Å². The van der Waals surface area contributed by atoms with Crippen molar-refractivity contribution >= 4 is 17.8 Å². The monoisotopic (exact) mass is 331 g/mol. The van der Waals surface area contributed by atoms with Crippen molar-refractivity contribution in [3.05, 3.63) is 35.4 Å². The van der Waals surface area contributed by atoms with Gasteiger partial charge in [0, 0.05) is 31.6 Å². The summed E-state index contributed by atoms with van der Waals surface area (Å²) in [5.41, 5.74) is 6.18. The molecule has 1 unspecified atom stereocenters. The summed E-state index contributed by atoms with van der Waals surface area (Å²) in [7, 11) is 0. The Bertz CT molecular complexity index is 663. The number of nitrogens with two attached hydrogens (primary N) is 1. The normalized spacial score (nSPS) is 23.2. The SMILES string of the molecule is NC(=O)c1ccc(CN2CCC3(CC2)NC(=O)CC3C(=O)O)cc1. The summed E-state index contributed by atoms with van der Waals surface area (Å²) in [6.07, 6.45) is 1.34. The number of carbonyl (C=O) groups excluding carboxylic acids is 2. The highest BCUT2D eigenvalue weighted by atomic mass is 16.4. The molecule has 1 aromatic carbocycles. The van der Waals surface area contributed by atoms with Crippen molar-refractivity contribution in [1.82, 2.24) is 10.2 Å². The average Bonchev–Trinajstić information content (AvgIpc) is 2.87. The quantitative estimate of drug-likeness (QED) is 0.736. The van der Waals surface area contributed by atoms with Crippen molar-refractivity contribution in [3.8, 4) is 0 Å². The van der Waals surface area contributed by atoms with Gasteiger partial charge in [0.25, 0.3) is 0 Å². The molecule has 0 saturated carbocycles. The second-order valence-corrected chi connectivity index (χ2v) is 6.64. The number of likely N-dealkylation sites (tertiary alicyclic amines) is 1. The molecular formula is C17H21N3O4. The Hall–Kier alpha value is -2.41. The number of hydrogen-bond donors (Lipinski definition) is 3. The summed E-state index contributed by atoms with van der Waals surface area (Å²) < 4.78 is 0. The van der Waals surface area contributed by atoms with Crippen LogP contribution in [-0.4, -0.2) is 46.4 Å². The summed E-state index contributed by atoms with van der Waals surface area (Å²) >= 11 is 0. The number of amides is 2. The summed E-state index contributed by atoms with van der Waals surface area (Å²) in [5, 5.41) is 12.3. The molecule has 1 spiro atoms. The van der Waals surface area contributed by atoms with E-state index in [1.165, 1.54) is 0 Å². The van der Waals surface area contributed by atoms with Crippen molar-refractivity contribution in [2.45, 2.75) is 31.3 Å².